The molecular weight excluding hydrogens is 143 g/mol. The summed E-state index contributed by atoms with van der Waals surface area (Å²) in [4.78, 5) is 0. The zero-order valence-electron chi connectivity index (χ0n) is 11.2. The van der Waals surface area contributed by atoms with E-state index in [0.29, 0.717) is 0 Å². The minimum Gasteiger partial charge on any atom is -0.449 e. The maximum atomic E-state index is 12.1. The van der Waals surface area contributed by atoms with Crippen molar-refractivity contribution in [2.24, 2.45) is 0 Å². The van der Waals surface area contributed by atoms with E-state index in [0.717, 1.165) is 0 Å². The van der Waals surface area contributed by atoms with E-state index >= 15 is 0 Å². The van der Waals surface area contributed by atoms with Gasteiger partial charge in [0.25, 0.3) is 0 Å². The Labute approximate surface area is 99.5 Å². The van der Waals surface area contributed by atoms with Gasteiger partial charge >= 0.3 is 58.4 Å². The Morgan fingerprint density at radius 3 is 2.25 bits per heavy atom. The molecule has 0 saturated carbocycles. The van der Waals surface area contributed by atoms with E-state index in [-0.39, 0.29) is 51.4 Å². The van der Waals surface area contributed by atoms with Crippen LogP contribution >= 0.6 is 0 Å². The van der Waals surface area contributed by atoms with Gasteiger partial charge in [-0.15, -0.1) is 0 Å². The zero-order valence-corrected chi connectivity index (χ0v) is 7.33. The van der Waals surface area contributed by atoms with Gasteiger partial charge in [0, 0.05) is 6.85 Å². The standard InChI is InChI=1S/C3H7BF3.K/c1-2-3-4(5,6)7;/h2-3H2,1H3;/q-1;+1/i1D3,2D2,3D2;. The van der Waals surface area contributed by atoms with Gasteiger partial charge in [-0.3, -0.25) is 0 Å². The van der Waals surface area contributed by atoms with Crippen LogP contribution in [0.2, 0.25) is 6.27 Å². The smallest absolute Gasteiger partial charge is 0.449 e. The molecule has 0 unspecified atom stereocenters. The fourth-order valence-electron chi connectivity index (χ4n) is 0.0818. The Morgan fingerprint density at radius 1 is 1.62 bits per heavy atom. The Morgan fingerprint density at radius 2 is 2.12 bits per heavy atom. The van der Waals surface area contributed by atoms with Crippen molar-refractivity contribution < 1.29 is 73.9 Å². The van der Waals surface area contributed by atoms with Gasteiger partial charge in [-0.1, -0.05) is 19.5 Å². The van der Waals surface area contributed by atoms with Gasteiger partial charge in [-0.2, -0.15) is 0 Å². The van der Waals surface area contributed by atoms with Crippen molar-refractivity contribution >= 4 is 6.98 Å². The molecule has 8 heavy (non-hydrogen) atoms. The fourth-order valence-corrected chi connectivity index (χ4v) is 0.0818. The number of hydrogen-bond donors (Lipinski definition) is 0. The van der Waals surface area contributed by atoms with E-state index in [4.69, 9.17) is 9.60 Å². The predicted molar refractivity (Wildman–Crippen MR) is 24.2 cm³/mol. The van der Waals surface area contributed by atoms with Crippen molar-refractivity contribution in [3.63, 3.8) is 0 Å². The molecule has 0 atom stereocenters. The summed E-state index contributed by atoms with van der Waals surface area (Å²) in [7, 11) is 0. The summed E-state index contributed by atoms with van der Waals surface area (Å²) in [6.07, 6.45) is -8.30. The second-order valence-corrected chi connectivity index (χ2v) is 0.844. The Balaban J connectivity index is 0. The maximum absolute atomic E-state index is 12.1. The SMILES string of the molecule is [2H]C([2H])([2H])C([2H])([2H])C([2H])([2H])[B-](F)(F)F.[K+]. The molecule has 0 aliphatic rings. The summed E-state index contributed by atoms with van der Waals surface area (Å²) >= 11 is 0. The molecule has 0 fully saturated rings. The van der Waals surface area contributed by atoms with Crippen molar-refractivity contribution in [2.45, 2.75) is 19.5 Å². The van der Waals surface area contributed by atoms with Crippen LogP contribution < -0.4 is 51.4 Å². The first kappa shape index (κ1) is 3.26. The van der Waals surface area contributed by atoms with Gasteiger partial charge in [-0.25, -0.2) is 0 Å². The van der Waals surface area contributed by atoms with Crippen molar-refractivity contribution in [3.8, 4) is 0 Å². The molecule has 44 valence electrons. The van der Waals surface area contributed by atoms with E-state index in [9.17, 15) is 12.9 Å². The Bertz CT molecular complexity index is 199. The average Bonchev–Trinajstić information content (AvgIpc) is 1.81. The summed E-state index contributed by atoms with van der Waals surface area (Å²) in [6.45, 7) is -9.88. The first-order valence-corrected chi connectivity index (χ1v) is 1.44. The molecule has 0 bridgehead atoms. The van der Waals surface area contributed by atoms with E-state index in [1.807, 2.05) is 0 Å². The molecule has 0 nitrogen and oxygen atoms in total. The summed E-state index contributed by atoms with van der Waals surface area (Å²) in [5.41, 5.74) is 0. The van der Waals surface area contributed by atoms with Crippen molar-refractivity contribution in [3.05, 3.63) is 0 Å². The molecule has 0 rings (SSSR count). The molecule has 0 aromatic carbocycles. The topological polar surface area (TPSA) is 0 Å². The normalized spacial score (nSPS) is 28.6. The molecule has 0 saturated heterocycles. The molecule has 5 heteroatoms. The van der Waals surface area contributed by atoms with Crippen molar-refractivity contribution in [1.29, 1.82) is 0 Å². The fraction of sp³-hybridized carbons (Fsp3) is 1.00. The molecule has 0 aromatic heterocycles. The van der Waals surface area contributed by atoms with Gasteiger partial charge in [0.2, 0.25) is 0 Å². The van der Waals surface area contributed by atoms with Crippen LogP contribution in [0.15, 0.2) is 0 Å². The zero-order chi connectivity index (χ0) is 12.0. The second kappa shape index (κ2) is 5.29. The molecule has 0 N–H and O–H groups in total. The van der Waals surface area contributed by atoms with Gasteiger partial charge in [0.15, 0.2) is 0 Å². The molecular formula is C3H7BF3K. The second-order valence-electron chi connectivity index (χ2n) is 0.844. The third kappa shape index (κ3) is 10.5. The first-order valence-electron chi connectivity index (χ1n) is 4.94. The van der Waals surface area contributed by atoms with Gasteiger partial charge in [-0.05, 0) is 2.74 Å². The summed E-state index contributed by atoms with van der Waals surface area (Å²) in [6, 6.07) is 0. The summed E-state index contributed by atoms with van der Waals surface area (Å²) < 4.78 is 81.9. The average molecular weight is 157 g/mol. The molecule has 0 aromatic rings. The van der Waals surface area contributed by atoms with Crippen LogP contribution in [0.4, 0.5) is 12.9 Å². The predicted octanol–water partition coefficient (Wildman–Crippen LogP) is -0.752. The van der Waals surface area contributed by atoms with Crippen molar-refractivity contribution in [2.75, 3.05) is 0 Å². The molecule has 0 aliphatic carbocycles. The Hall–Kier alpha value is 1.49. The van der Waals surface area contributed by atoms with Gasteiger partial charge in [0.05, 0.1) is 0 Å². The van der Waals surface area contributed by atoms with E-state index < -0.39 is 26.5 Å². The van der Waals surface area contributed by atoms with Crippen molar-refractivity contribution in [1.82, 2.24) is 0 Å². The minimum atomic E-state index is -6.22. The van der Waals surface area contributed by atoms with Crippen LogP contribution in [0, 0.1) is 0 Å². The summed E-state index contributed by atoms with van der Waals surface area (Å²) in [5, 5.41) is 0. The number of rotatable bonds is 2. The monoisotopic (exact) mass is 157 g/mol. The van der Waals surface area contributed by atoms with Crippen LogP contribution in [0.1, 0.15) is 22.8 Å². The van der Waals surface area contributed by atoms with E-state index in [1.54, 1.807) is 0 Å². The van der Waals surface area contributed by atoms with Crippen LogP contribution in [0.3, 0.4) is 0 Å². The van der Waals surface area contributed by atoms with Gasteiger partial charge < -0.3 is 12.9 Å². The van der Waals surface area contributed by atoms with Crippen LogP contribution in [0.5, 0.6) is 0 Å². The molecule has 0 spiro atoms. The van der Waals surface area contributed by atoms with Crippen LogP contribution in [0.25, 0.3) is 0 Å². The van der Waals surface area contributed by atoms with Crippen LogP contribution in [-0.4, -0.2) is 6.98 Å². The third-order valence-corrected chi connectivity index (χ3v) is 0.236. The molecule has 0 heterocycles. The maximum Gasteiger partial charge on any atom is 1.00 e. The first-order chi connectivity index (χ1) is 5.75. The number of halogens is 3. The molecule has 0 aliphatic heterocycles. The minimum absolute atomic E-state index is 0. The quantitative estimate of drug-likeness (QED) is 0.462. The summed E-state index contributed by atoms with van der Waals surface area (Å²) in [5.74, 6) is 0. The van der Waals surface area contributed by atoms with E-state index in [1.165, 1.54) is 0 Å². The third-order valence-electron chi connectivity index (χ3n) is 0.236. The molecule has 0 amide bonds. The number of hydrogen-bond acceptors (Lipinski definition) is 0. The largest absolute Gasteiger partial charge is 1.00 e. The van der Waals surface area contributed by atoms with Gasteiger partial charge in [0.1, 0.15) is 0 Å². The Kier molecular flexibility index (Phi) is 2.15. The van der Waals surface area contributed by atoms with Crippen LogP contribution in [-0.2, 0) is 0 Å². The molecule has 0 radical (unpaired) electrons. The van der Waals surface area contributed by atoms with E-state index in [2.05, 4.69) is 0 Å².